The predicted octanol–water partition coefficient (Wildman–Crippen LogP) is 13.1. The summed E-state index contributed by atoms with van der Waals surface area (Å²) in [7, 11) is 0. The molecule has 0 bridgehead atoms. The minimum atomic E-state index is 0.891. The quantitative estimate of drug-likeness (QED) is 0.186. The number of furan rings is 1. The molecule has 11 aromatic rings. The molecule has 8 aromatic carbocycles. The van der Waals surface area contributed by atoms with E-state index in [1.807, 2.05) is 12.1 Å². The first kappa shape index (κ1) is 28.0. The first-order valence-electron chi connectivity index (χ1n) is 17.4. The highest BCUT2D eigenvalue weighted by atomic mass is 16.3. The zero-order chi connectivity index (χ0) is 33.5. The highest BCUT2D eigenvalue weighted by molar-refractivity contribution is 6.17. The lowest BCUT2D eigenvalue weighted by molar-refractivity contribution is 0.668. The number of fused-ring (bicyclic) bond motifs is 9. The van der Waals surface area contributed by atoms with Crippen LogP contribution < -0.4 is 0 Å². The summed E-state index contributed by atoms with van der Waals surface area (Å²) in [5.41, 5.74) is 13.6. The van der Waals surface area contributed by atoms with Gasteiger partial charge in [0.05, 0.1) is 22.1 Å². The first-order chi connectivity index (χ1) is 25.3. The lowest BCUT2D eigenvalue weighted by Crippen LogP contribution is -1.93. The average Bonchev–Trinajstić information content (AvgIpc) is 3.85. The summed E-state index contributed by atoms with van der Waals surface area (Å²) in [6.07, 6.45) is 0. The van der Waals surface area contributed by atoms with Crippen LogP contribution in [0.2, 0.25) is 0 Å². The number of benzene rings is 8. The van der Waals surface area contributed by atoms with Crippen molar-refractivity contribution < 1.29 is 4.42 Å². The third-order valence-electron chi connectivity index (χ3n) is 10.5. The molecule has 51 heavy (non-hydrogen) atoms. The Bertz CT molecular complexity index is 3130. The summed E-state index contributed by atoms with van der Waals surface area (Å²) < 4.78 is 11.1. The zero-order valence-corrected chi connectivity index (χ0v) is 27.6. The molecule has 11 rings (SSSR count). The normalized spacial score (nSPS) is 11.9. The van der Waals surface area contributed by atoms with Gasteiger partial charge in [0, 0.05) is 49.8 Å². The van der Waals surface area contributed by atoms with Crippen molar-refractivity contribution in [3.8, 4) is 33.6 Å². The molecule has 0 fully saturated rings. The molecule has 0 saturated carbocycles. The fourth-order valence-corrected chi connectivity index (χ4v) is 8.25. The highest BCUT2D eigenvalue weighted by Gasteiger charge is 2.19. The maximum absolute atomic E-state index is 6.37. The van der Waals surface area contributed by atoms with Gasteiger partial charge < -0.3 is 13.6 Å². The Balaban J connectivity index is 1.16. The van der Waals surface area contributed by atoms with E-state index in [1.54, 1.807) is 0 Å². The van der Waals surface area contributed by atoms with E-state index in [2.05, 4.69) is 179 Å². The van der Waals surface area contributed by atoms with Gasteiger partial charge in [0.1, 0.15) is 11.2 Å². The molecule has 0 aliphatic heterocycles. The van der Waals surface area contributed by atoms with Gasteiger partial charge in [-0.3, -0.25) is 0 Å². The fraction of sp³-hybridized carbons (Fsp3) is 0. The number of nitrogens with zero attached hydrogens (tertiary/aromatic N) is 2. The van der Waals surface area contributed by atoms with E-state index in [4.69, 9.17) is 4.42 Å². The summed E-state index contributed by atoms with van der Waals surface area (Å²) in [5, 5.41) is 7.24. The molecule has 3 nitrogen and oxygen atoms in total. The molecule has 0 radical (unpaired) electrons. The molecule has 0 aliphatic carbocycles. The molecule has 0 spiro atoms. The third kappa shape index (κ3) is 4.19. The smallest absolute Gasteiger partial charge is 0.137 e. The molecule has 238 valence electrons. The van der Waals surface area contributed by atoms with Crippen molar-refractivity contribution in [3.63, 3.8) is 0 Å². The molecule has 0 aliphatic rings. The van der Waals surface area contributed by atoms with Crippen LogP contribution in [0.3, 0.4) is 0 Å². The van der Waals surface area contributed by atoms with E-state index in [9.17, 15) is 0 Å². The summed E-state index contributed by atoms with van der Waals surface area (Å²) in [5.74, 6) is 0. The van der Waals surface area contributed by atoms with E-state index in [-0.39, 0.29) is 0 Å². The minimum Gasteiger partial charge on any atom is -0.456 e. The Morgan fingerprint density at radius 1 is 0.314 bits per heavy atom. The molecule has 0 N–H and O–H groups in total. The lowest BCUT2D eigenvalue weighted by Gasteiger charge is -2.09. The van der Waals surface area contributed by atoms with Gasteiger partial charge in [-0.25, -0.2) is 0 Å². The second-order valence-electron chi connectivity index (χ2n) is 13.3. The summed E-state index contributed by atoms with van der Waals surface area (Å²) in [4.78, 5) is 0. The van der Waals surface area contributed by atoms with Crippen molar-refractivity contribution in [3.05, 3.63) is 182 Å². The van der Waals surface area contributed by atoms with E-state index in [0.29, 0.717) is 0 Å². The lowest BCUT2D eigenvalue weighted by atomic mass is 9.97. The first-order valence-corrected chi connectivity index (χ1v) is 17.4. The number of para-hydroxylation sites is 3. The zero-order valence-electron chi connectivity index (χ0n) is 27.6. The molecule has 3 heteroatoms. The monoisotopic (exact) mass is 650 g/mol. The van der Waals surface area contributed by atoms with Crippen LogP contribution in [-0.4, -0.2) is 9.13 Å². The SMILES string of the molecule is c1ccc(-c2cccc3c2c2cc(-c4ccc5c(c4)c4ccccc4n5-c4ccccc4)ccc2n3-c2ccc3c(c2)oc2ccccc23)cc1. The second kappa shape index (κ2) is 10.8. The van der Waals surface area contributed by atoms with Gasteiger partial charge in [-0.1, -0.05) is 109 Å². The van der Waals surface area contributed by atoms with Crippen molar-refractivity contribution in [1.29, 1.82) is 0 Å². The summed E-state index contributed by atoms with van der Waals surface area (Å²) in [6.45, 7) is 0. The number of hydrogen-bond acceptors (Lipinski definition) is 1. The van der Waals surface area contributed by atoms with Crippen LogP contribution in [0.4, 0.5) is 0 Å². The van der Waals surface area contributed by atoms with Crippen molar-refractivity contribution >= 4 is 65.6 Å². The van der Waals surface area contributed by atoms with Crippen LogP contribution in [0.5, 0.6) is 0 Å². The Morgan fingerprint density at radius 2 is 0.922 bits per heavy atom. The molecular weight excluding hydrogens is 621 g/mol. The van der Waals surface area contributed by atoms with Gasteiger partial charge in [-0.15, -0.1) is 0 Å². The van der Waals surface area contributed by atoms with Crippen molar-refractivity contribution in [2.75, 3.05) is 0 Å². The molecular formula is C48H30N2O. The topological polar surface area (TPSA) is 23.0 Å². The maximum atomic E-state index is 6.37. The molecule has 0 amide bonds. The van der Waals surface area contributed by atoms with E-state index >= 15 is 0 Å². The van der Waals surface area contributed by atoms with Crippen molar-refractivity contribution in [1.82, 2.24) is 9.13 Å². The molecule has 0 unspecified atom stereocenters. The Labute approximate surface area is 293 Å². The Morgan fingerprint density at radius 3 is 1.75 bits per heavy atom. The van der Waals surface area contributed by atoms with Gasteiger partial charge in [0.15, 0.2) is 0 Å². The predicted molar refractivity (Wildman–Crippen MR) is 213 cm³/mol. The van der Waals surface area contributed by atoms with Crippen LogP contribution >= 0.6 is 0 Å². The number of hydrogen-bond donors (Lipinski definition) is 0. The van der Waals surface area contributed by atoms with Crippen LogP contribution in [0.1, 0.15) is 0 Å². The van der Waals surface area contributed by atoms with Gasteiger partial charge in [0.2, 0.25) is 0 Å². The van der Waals surface area contributed by atoms with Gasteiger partial charge in [-0.2, -0.15) is 0 Å². The van der Waals surface area contributed by atoms with Gasteiger partial charge in [0.25, 0.3) is 0 Å². The highest BCUT2D eigenvalue weighted by Crippen LogP contribution is 2.42. The largest absolute Gasteiger partial charge is 0.456 e. The second-order valence-corrected chi connectivity index (χ2v) is 13.3. The standard InChI is InChI=1S/C48H30N2O/c1-3-12-31(13-4-1)36-18-11-20-45-48(36)41-29-33(23-27-44(41)50(45)35-24-25-39-38-17-8-10-21-46(38)51-47(39)30-35)32-22-26-43-40(28-32)37-16-7-9-19-42(37)49(43)34-14-5-2-6-15-34/h1-30H. The van der Waals surface area contributed by atoms with Crippen molar-refractivity contribution in [2.45, 2.75) is 0 Å². The molecule has 3 aromatic heterocycles. The molecule has 0 atom stereocenters. The maximum Gasteiger partial charge on any atom is 0.137 e. The van der Waals surface area contributed by atoms with E-state index in [1.165, 1.54) is 66.0 Å². The van der Waals surface area contributed by atoms with Gasteiger partial charge >= 0.3 is 0 Å². The van der Waals surface area contributed by atoms with Gasteiger partial charge in [-0.05, 0) is 89.0 Å². The Hall–Kier alpha value is -6.84. The van der Waals surface area contributed by atoms with E-state index < -0.39 is 0 Å². The Kier molecular flexibility index (Phi) is 5.96. The number of aromatic nitrogens is 2. The van der Waals surface area contributed by atoms with Crippen LogP contribution in [0.15, 0.2) is 186 Å². The van der Waals surface area contributed by atoms with Crippen LogP contribution in [0.25, 0.3) is 99.2 Å². The fourth-order valence-electron chi connectivity index (χ4n) is 8.25. The molecule has 0 saturated heterocycles. The summed E-state index contributed by atoms with van der Waals surface area (Å²) >= 11 is 0. The number of rotatable bonds is 4. The minimum absolute atomic E-state index is 0.891. The van der Waals surface area contributed by atoms with E-state index in [0.717, 1.165) is 33.1 Å². The van der Waals surface area contributed by atoms with Crippen LogP contribution in [0, 0.1) is 0 Å². The van der Waals surface area contributed by atoms with Crippen LogP contribution in [-0.2, 0) is 0 Å². The molecule has 3 heterocycles. The third-order valence-corrected chi connectivity index (χ3v) is 10.5. The summed E-state index contributed by atoms with van der Waals surface area (Å²) in [6, 6.07) is 65.5. The van der Waals surface area contributed by atoms with Crippen molar-refractivity contribution in [2.24, 2.45) is 0 Å². The average molecular weight is 651 g/mol.